The van der Waals surface area contributed by atoms with E-state index in [4.69, 9.17) is 4.74 Å². The molecule has 0 spiro atoms. The fraction of sp³-hybridized carbons (Fsp3) is 1.00. The number of sulfonamides is 1. The second-order valence-electron chi connectivity index (χ2n) is 5.44. The van der Waals surface area contributed by atoms with Gasteiger partial charge in [-0.3, -0.25) is 0 Å². The Kier molecular flexibility index (Phi) is 7.38. The summed E-state index contributed by atoms with van der Waals surface area (Å²) in [6.45, 7) is 0.433. The van der Waals surface area contributed by atoms with Crippen molar-refractivity contribution in [3.8, 4) is 0 Å². The first-order chi connectivity index (χ1) is 9.68. The summed E-state index contributed by atoms with van der Waals surface area (Å²) in [7, 11) is -4.06. The Hall–Kier alpha value is -0.380. The molecule has 2 N–H and O–H groups in total. The molecule has 5 nitrogen and oxygen atoms in total. The Morgan fingerprint density at radius 1 is 1.24 bits per heavy atom. The summed E-state index contributed by atoms with van der Waals surface area (Å²) in [5.41, 5.74) is 0. The predicted molar refractivity (Wildman–Crippen MR) is 73.3 cm³/mol. The number of hydrogen-bond donors (Lipinski definition) is 2. The van der Waals surface area contributed by atoms with Crippen LogP contribution in [0.15, 0.2) is 0 Å². The highest BCUT2D eigenvalue weighted by atomic mass is 32.2. The summed E-state index contributed by atoms with van der Waals surface area (Å²) in [5.74, 6) is -0.764. The molecule has 0 amide bonds. The standard InChI is InChI=1S/C12H23F3N2O3S/c1-10(17-11-5-3-2-4-6-11)7-20-9-21(18,19)16-8-12(13,14)15/h10-11,16-17H,2-9H2,1H3/t10-/m1/s1. The van der Waals surface area contributed by atoms with E-state index >= 15 is 0 Å². The molecular weight excluding hydrogens is 309 g/mol. The van der Waals surface area contributed by atoms with Gasteiger partial charge in [-0.25, -0.2) is 13.1 Å². The fourth-order valence-corrected chi connectivity index (χ4v) is 3.07. The maximum atomic E-state index is 11.9. The molecule has 0 saturated heterocycles. The summed E-state index contributed by atoms with van der Waals surface area (Å²) in [5, 5.41) is 3.34. The highest BCUT2D eigenvalue weighted by Gasteiger charge is 2.29. The van der Waals surface area contributed by atoms with Gasteiger partial charge in [0.2, 0.25) is 10.0 Å². The quantitative estimate of drug-likeness (QED) is 0.711. The summed E-state index contributed by atoms with van der Waals surface area (Å²) in [6, 6.07) is 0.378. The Labute approximate surface area is 123 Å². The van der Waals surface area contributed by atoms with Crippen molar-refractivity contribution in [3.63, 3.8) is 0 Å². The molecule has 0 bridgehead atoms. The number of halogens is 3. The molecular formula is C12H23F3N2O3S. The molecule has 0 aromatic carbocycles. The number of ether oxygens (including phenoxy) is 1. The van der Waals surface area contributed by atoms with E-state index in [1.54, 1.807) is 0 Å². The lowest BCUT2D eigenvalue weighted by Gasteiger charge is -2.26. The van der Waals surface area contributed by atoms with Crippen molar-refractivity contribution in [2.24, 2.45) is 0 Å². The van der Waals surface area contributed by atoms with E-state index in [1.807, 2.05) is 6.92 Å². The number of alkyl halides is 3. The van der Waals surface area contributed by atoms with Gasteiger partial charge in [-0.15, -0.1) is 0 Å². The van der Waals surface area contributed by atoms with E-state index in [9.17, 15) is 21.6 Å². The number of rotatable bonds is 8. The Balaban J connectivity index is 2.19. The minimum Gasteiger partial charge on any atom is -0.362 e. The van der Waals surface area contributed by atoms with Crippen molar-refractivity contribution in [3.05, 3.63) is 0 Å². The fourth-order valence-electron chi connectivity index (χ4n) is 2.29. The molecule has 0 aliphatic heterocycles. The third-order valence-corrected chi connectivity index (χ3v) is 4.29. The van der Waals surface area contributed by atoms with E-state index in [0.717, 1.165) is 12.8 Å². The van der Waals surface area contributed by atoms with Crippen molar-refractivity contribution in [2.45, 2.75) is 57.3 Å². The van der Waals surface area contributed by atoms with Crippen LogP contribution in [0.5, 0.6) is 0 Å². The molecule has 0 radical (unpaired) electrons. The SMILES string of the molecule is C[C@H](COCS(=O)(=O)NCC(F)(F)F)NC1CCCCC1. The molecule has 1 fully saturated rings. The lowest BCUT2D eigenvalue weighted by molar-refractivity contribution is -0.121. The van der Waals surface area contributed by atoms with E-state index < -0.39 is 28.7 Å². The first-order valence-electron chi connectivity index (χ1n) is 7.06. The van der Waals surface area contributed by atoms with Crippen LogP contribution >= 0.6 is 0 Å². The van der Waals surface area contributed by atoms with E-state index in [1.165, 1.54) is 24.0 Å². The third kappa shape index (κ3) is 9.28. The molecule has 1 aliphatic rings. The van der Waals surface area contributed by atoms with Crippen molar-refractivity contribution in [1.82, 2.24) is 10.0 Å². The highest BCUT2D eigenvalue weighted by Crippen LogP contribution is 2.17. The van der Waals surface area contributed by atoms with Gasteiger partial charge >= 0.3 is 6.18 Å². The summed E-state index contributed by atoms with van der Waals surface area (Å²) in [6.07, 6.45) is 1.22. The zero-order valence-corrected chi connectivity index (χ0v) is 12.9. The normalized spacial score (nSPS) is 19.6. The minimum absolute atomic E-state index is 0.0362. The molecule has 1 saturated carbocycles. The smallest absolute Gasteiger partial charge is 0.362 e. The first kappa shape index (κ1) is 18.7. The first-order valence-corrected chi connectivity index (χ1v) is 8.71. The predicted octanol–water partition coefficient (Wildman–Crippen LogP) is 1.75. The molecule has 0 aromatic heterocycles. The van der Waals surface area contributed by atoms with Crippen LogP contribution in [0.4, 0.5) is 13.2 Å². The van der Waals surface area contributed by atoms with Crippen LogP contribution in [-0.2, 0) is 14.8 Å². The second-order valence-corrected chi connectivity index (χ2v) is 7.20. The highest BCUT2D eigenvalue weighted by molar-refractivity contribution is 7.89. The van der Waals surface area contributed by atoms with Crippen LogP contribution in [-0.4, -0.2) is 45.8 Å². The Bertz CT molecular complexity index is 395. The molecule has 0 heterocycles. The molecule has 9 heteroatoms. The Morgan fingerprint density at radius 3 is 2.43 bits per heavy atom. The van der Waals surface area contributed by atoms with Crippen molar-refractivity contribution >= 4 is 10.0 Å². The maximum Gasteiger partial charge on any atom is 0.402 e. The minimum atomic E-state index is -4.57. The lowest BCUT2D eigenvalue weighted by Crippen LogP contribution is -2.41. The average Bonchev–Trinajstić information content (AvgIpc) is 2.37. The van der Waals surface area contributed by atoms with Gasteiger partial charge in [0.25, 0.3) is 0 Å². The zero-order valence-electron chi connectivity index (χ0n) is 12.1. The van der Waals surface area contributed by atoms with Crippen LogP contribution in [0.25, 0.3) is 0 Å². The molecule has 1 atom stereocenters. The van der Waals surface area contributed by atoms with Gasteiger partial charge in [0, 0.05) is 12.1 Å². The van der Waals surface area contributed by atoms with Crippen molar-refractivity contribution in [2.75, 3.05) is 19.1 Å². The van der Waals surface area contributed by atoms with E-state index in [2.05, 4.69) is 5.32 Å². The molecule has 1 aliphatic carbocycles. The summed E-state index contributed by atoms with van der Waals surface area (Å²) >= 11 is 0. The number of nitrogens with one attached hydrogen (secondary N) is 2. The number of hydrogen-bond acceptors (Lipinski definition) is 4. The molecule has 0 aromatic rings. The van der Waals surface area contributed by atoms with Crippen LogP contribution in [0.3, 0.4) is 0 Å². The maximum absolute atomic E-state index is 11.9. The summed E-state index contributed by atoms with van der Waals surface area (Å²) < 4.78 is 64.8. The topological polar surface area (TPSA) is 67.4 Å². The molecule has 0 unspecified atom stereocenters. The van der Waals surface area contributed by atoms with Gasteiger partial charge in [-0.2, -0.15) is 13.2 Å². The molecule has 126 valence electrons. The Morgan fingerprint density at radius 2 is 1.86 bits per heavy atom. The van der Waals surface area contributed by atoms with Gasteiger partial charge < -0.3 is 10.1 Å². The molecule has 21 heavy (non-hydrogen) atoms. The van der Waals surface area contributed by atoms with E-state index in [0.29, 0.717) is 6.04 Å². The van der Waals surface area contributed by atoms with Gasteiger partial charge in [0.1, 0.15) is 6.54 Å². The van der Waals surface area contributed by atoms with Gasteiger partial charge in [-0.05, 0) is 19.8 Å². The lowest BCUT2D eigenvalue weighted by atomic mass is 9.95. The largest absolute Gasteiger partial charge is 0.402 e. The van der Waals surface area contributed by atoms with Crippen LogP contribution < -0.4 is 10.0 Å². The van der Waals surface area contributed by atoms with Crippen molar-refractivity contribution in [1.29, 1.82) is 0 Å². The van der Waals surface area contributed by atoms with Crippen molar-refractivity contribution < 1.29 is 26.3 Å². The zero-order chi connectivity index (χ0) is 15.9. The second kappa shape index (κ2) is 8.30. The van der Waals surface area contributed by atoms with Crippen LogP contribution in [0.1, 0.15) is 39.0 Å². The monoisotopic (exact) mass is 332 g/mol. The average molecular weight is 332 g/mol. The third-order valence-electron chi connectivity index (χ3n) is 3.22. The van der Waals surface area contributed by atoms with Gasteiger partial charge in [0.05, 0.1) is 6.61 Å². The summed E-state index contributed by atoms with van der Waals surface area (Å²) in [4.78, 5) is 0. The molecule has 1 rings (SSSR count). The van der Waals surface area contributed by atoms with Gasteiger partial charge in [0.15, 0.2) is 5.94 Å². The van der Waals surface area contributed by atoms with Crippen LogP contribution in [0, 0.1) is 0 Å². The van der Waals surface area contributed by atoms with Gasteiger partial charge in [-0.1, -0.05) is 19.3 Å². The van der Waals surface area contributed by atoms with Crippen LogP contribution in [0.2, 0.25) is 0 Å². The van der Waals surface area contributed by atoms with E-state index in [-0.39, 0.29) is 12.6 Å².